The number of nitrogens with zero attached hydrogens (tertiary/aromatic N) is 1. The molecule has 1 atom stereocenters. The van der Waals surface area contributed by atoms with Crippen LogP contribution >= 0.6 is 11.8 Å². The van der Waals surface area contributed by atoms with Gasteiger partial charge in [-0.3, -0.25) is 0 Å². The van der Waals surface area contributed by atoms with Gasteiger partial charge in [0.1, 0.15) is 5.82 Å². The van der Waals surface area contributed by atoms with E-state index in [-0.39, 0.29) is 0 Å². The average Bonchev–Trinajstić information content (AvgIpc) is 3.01. The summed E-state index contributed by atoms with van der Waals surface area (Å²) >= 11 is 2.01. The summed E-state index contributed by atoms with van der Waals surface area (Å²) in [6, 6.07) is 4.02. The Morgan fingerprint density at radius 1 is 1.21 bits per heavy atom. The van der Waals surface area contributed by atoms with E-state index in [1.807, 2.05) is 23.9 Å². The number of hydrogen-bond acceptors (Lipinski definition) is 4. The highest BCUT2D eigenvalue weighted by Crippen LogP contribution is 2.36. The molecular weight excluding hydrogens is 260 g/mol. The molecule has 19 heavy (non-hydrogen) atoms. The Bertz CT molecular complexity index is 562. The van der Waals surface area contributed by atoms with Gasteiger partial charge in [0.25, 0.3) is 0 Å². The van der Waals surface area contributed by atoms with E-state index in [0.717, 1.165) is 48.0 Å². The molecule has 2 aliphatic heterocycles. The van der Waals surface area contributed by atoms with Gasteiger partial charge in [-0.05, 0) is 12.2 Å². The maximum absolute atomic E-state index is 5.71. The number of hydrogen-bond donors (Lipinski definition) is 1. The van der Waals surface area contributed by atoms with Crippen molar-refractivity contribution >= 4 is 22.8 Å². The summed E-state index contributed by atoms with van der Waals surface area (Å²) in [5.74, 6) is 5.75. The van der Waals surface area contributed by atoms with Crippen molar-refractivity contribution in [3.63, 3.8) is 0 Å². The molecule has 1 saturated heterocycles. The molecule has 2 aromatic rings. The normalized spacial score (nSPS) is 22.6. The Morgan fingerprint density at radius 3 is 2.84 bits per heavy atom. The first kappa shape index (κ1) is 11.5. The van der Waals surface area contributed by atoms with Crippen LogP contribution in [0.3, 0.4) is 0 Å². The van der Waals surface area contributed by atoms with Crippen LogP contribution in [0.4, 0.5) is 0 Å². The van der Waals surface area contributed by atoms with E-state index in [4.69, 9.17) is 14.5 Å². The summed E-state index contributed by atoms with van der Waals surface area (Å²) in [5, 5.41) is 0. The van der Waals surface area contributed by atoms with Gasteiger partial charge in [-0.1, -0.05) is 0 Å². The van der Waals surface area contributed by atoms with Crippen LogP contribution in [-0.2, 0) is 0 Å². The molecule has 4 rings (SSSR count). The third-order valence-corrected chi connectivity index (χ3v) is 4.85. The van der Waals surface area contributed by atoms with E-state index in [0.29, 0.717) is 5.92 Å². The molecule has 0 saturated carbocycles. The largest absolute Gasteiger partial charge is 0.489 e. The minimum absolute atomic E-state index is 0.569. The molecule has 100 valence electrons. The van der Waals surface area contributed by atoms with Crippen molar-refractivity contribution in [2.45, 2.75) is 18.8 Å². The number of H-pyrrole nitrogens is 1. The number of rotatable bonds is 1. The molecule has 1 N–H and O–H groups in total. The van der Waals surface area contributed by atoms with Crippen LogP contribution in [0, 0.1) is 0 Å². The zero-order valence-corrected chi connectivity index (χ0v) is 11.5. The monoisotopic (exact) mass is 276 g/mol. The number of ether oxygens (including phenoxy) is 2. The third kappa shape index (κ3) is 2.06. The topological polar surface area (TPSA) is 47.1 Å². The minimum Gasteiger partial charge on any atom is -0.489 e. The minimum atomic E-state index is 0.569. The summed E-state index contributed by atoms with van der Waals surface area (Å²) in [5.41, 5.74) is 2.03. The Hall–Kier alpha value is -1.36. The Labute approximate surface area is 115 Å². The number of nitrogens with one attached hydrogen (secondary N) is 1. The maximum Gasteiger partial charge on any atom is 0.163 e. The molecule has 2 aliphatic rings. The van der Waals surface area contributed by atoms with E-state index in [1.165, 1.54) is 17.9 Å². The Balaban J connectivity index is 1.76. The van der Waals surface area contributed by atoms with Gasteiger partial charge in [-0.25, -0.2) is 4.98 Å². The van der Waals surface area contributed by atoms with Crippen molar-refractivity contribution in [3.05, 3.63) is 18.0 Å². The van der Waals surface area contributed by atoms with Crippen molar-refractivity contribution in [2.24, 2.45) is 0 Å². The fourth-order valence-electron chi connectivity index (χ4n) is 2.63. The number of imidazole rings is 1. The molecule has 0 amide bonds. The first-order valence-electron chi connectivity index (χ1n) is 6.77. The highest BCUT2D eigenvalue weighted by Gasteiger charge is 2.22. The van der Waals surface area contributed by atoms with E-state index >= 15 is 0 Å². The summed E-state index contributed by atoms with van der Waals surface area (Å²) in [4.78, 5) is 8.18. The van der Waals surface area contributed by atoms with Crippen molar-refractivity contribution in [3.8, 4) is 11.5 Å². The number of fused-ring (bicyclic) bond motifs is 2. The lowest BCUT2D eigenvalue weighted by molar-refractivity contribution is 0.297. The van der Waals surface area contributed by atoms with Crippen molar-refractivity contribution in [1.29, 1.82) is 0 Å². The highest BCUT2D eigenvalue weighted by atomic mass is 32.2. The Kier molecular flexibility index (Phi) is 2.80. The van der Waals surface area contributed by atoms with Crippen LogP contribution in [0.15, 0.2) is 12.1 Å². The molecule has 1 aromatic carbocycles. The van der Waals surface area contributed by atoms with Crippen molar-refractivity contribution in [1.82, 2.24) is 9.97 Å². The van der Waals surface area contributed by atoms with Crippen LogP contribution in [0.2, 0.25) is 0 Å². The van der Waals surface area contributed by atoms with Gasteiger partial charge in [-0.15, -0.1) is 0 Å². The van der Waals surface area contributed by atoms with Crippen molar-refractivity contribution < 1.29 is 9.47 Å². The van der Waals surface area contributed by atoms with E-state index < -0.39 is 0 Å². The second kappa shape index (κ2) is 4.63. The summed E-state index contributed by atoms with van der Waals surface area (Å²) < 4.78 is 11.4. The highest BCUT2D eigenvalue weighted by molar-refractivity contribution is 7.99. The third-order valence-electron chi connectivity index (χ3n) is 3.69. The fraction of sp³-hybridized carbons (Fsp3) is 0.500. The lowest BCUT2D eigenvalue weighted by Crippen LogP contribution is -1.98. The lowest BCUT2D eigenvalue weighted by Gasteiger charge is -2.05. The van der Waals surface area contributed by atoms with E-state index in [9.17, 15) is 0 Å². The first-order chi connectivity index (χ1) is 9.40. The zero-order chi connectivity index (χ0) is 12.7. The fourth-order valence-corrected chi connectivity index (χ4v) is 3.86. The zero-order valence-electron chi connectivity index (χ0n) is 10.6. The number of thioether (sulfide) groups is 1. The standard InChI is InChI=1S/C14H16N2O2S/c1-3-17-12-6-10-11(7-13(12)18-4-1)16-14(15-10)9-2-5-19-8-9/h6-7,9H,1-5,8H2,(H,15,16). The van der Waals surface area contributed by atoms with Crippen LogP contribution in [-0.4, -0.2) is 34.7 Å². The lowest BCUT2D eigenvalue weighted by atomic mass is 10.1. The predicted molar refractivity (Wildman–Crippen MR) is 76.4 cm³/mol. The van der Waals surface area contributed by atoms with Crippen LogP contribution in [0.25, 0.3) is 11.0 Å². The van der Waals surface area contributed by atoms with Gasteiger partial charge in [0.2, 0.25) is 0 Å². The van der Waals surface area contributed by atoms with E-state index in [1.54, 1.807) is 0 Å². The molecule has 0 radical (unpaired) electrons. The first-order valence-corrected chi connectivity index (χ1v) is 7.92. The van der Waals surface area contributed by atoms with Gasteiger partial charge in [0.15, 0.2) is 11.5 Å². The molecule has 1 fully saturated rings. The molecule has 5 heteroatoms. The van der Waals surface area contributed by atoms with Crippen LogP contribution in [0.1, 0.15) is 24.6 Å². The van der Waals surface area contributed by atoms with Gasteiger partial charge in [0, 0.05) is 30.2 Å². The summed E-state index contributed by atoms with van der Waals surface area (Å²) in [7, 11) is 0. The summed E-state index contributed by atoms with van der Waals surface area (Å²) in [6.45, 7) is 1.44. The number of benzene rings is 1. The molecule has 0 aliphatic carbocycles. The van der Waals surface area contributed by atoms with Gasteiger partial charge < -0.3 is 14.5 Å². The van der Waals surface area contributed by atoms with Crippen LogP contribution in [0.5, 0.6) is 11.5 Å². The molecule has 3 heterocycles. The maximum atomic E-state index is 5.71. The van der Waals surface area contributed by atoms with Crippen molar-refractivity contribution in [2.75, 3.05) is 24.7 Å². The smallest absolute Gasteiger partial charge is 0.163 e. The second-order valence-electron chi connectivity index (χ2n) is 5.05. The average molecular weight is 276 g/mol. The molecule has 0 spiro atoms. The van der Waals surface area contributed by atoms with Crippen LogP contribution < -0.4 is 9.47 Å². The SMILES string of the molecule is c1c2c(cc3[nH]c(C4CCSC4)nc13)OCCCO2. The molecule has 4 nitrogen and oxygen atoms in total. The quantitative estimate of drug-likeness (QED) is 0.870. The molecule has 1 aromatic heterocycles. The van der Waals surface area contributed by atoms with Gasteiger partial charge >= 0.3 is 0 Å². The second-order valence-corrected chi connectivity index (χ2v) is 6.20. The molecule has 0 bridgehead atoms. The molecule has 1 unspecified atom stereocenters. The van der Waals surface area contributed by atoms with Gasteiger partial charge in [0.05, 0.1) is 24.2 Å². The Morgan fingerprint density at radius 2 is 2.05 bits per heavy atom. The number of aromatic amines is 1. The molecular formula is C14H16N2O2S. The summed E-state index contributed by atoms with van der Waals surface area (Å²) in [6.07, 6.45) is 2.15. The van der Waals surface area contributed by atoms with Gasteiger partial charge in [-0.2, -0.15) is 11.8 Å². The predicted octanol–water partition coefficient (Wildman–Crippen LogP) is 2.94. The van der Waals surface area contributed by atoms with E-state index in [2.05, 4.69) is 4.98 Å². The number of aromatic nitrogens is 2.